The van der Waals surface area contributed by atoms with Crippen molar-refractivity contribution in [3.05, 3.63) is 158 Å². The van der Waals surface area contributed by atoms with Gasteiger partial charge < -0.3 is 0 Å². The van der Waals surface area contributed by atoms with Gasteiger partial charge in [-0.3, -0.25) is 4.98 Å². The van der Waals surface area contributed by atoms with Gasteiger partial charge in [-0.25, -0.2) is 15.0 Å². The van der Waals surface area contributed by atoms with Crippen LogP contribution in [0.15, 0.2) is 158 Å². The van der Waals surface area contributed by atoms with Gasteiger partial charge in [-0.2, -0.15) is 0 Å². The van der Waals surface area contributed by atoms with E-state index in [0.717, 1.165) is 44.0 Å². The molecule has 0 bridgehead atoms. The maximum Gasteiger partial charge on any atom is 0.182 e. The van der Waals surface area contributed by atoms with Crippen LogP contribution < -0.4 is 0 Å². The average Bonchev–Trinajstić information content (AvgIpc) is 3.54. The molecule has 0 radical (unpaired) electrons. The SMILES string of the molecule is c1ccc(-c2cccc(-c3nc(-c4cc5ccc(-c6ccccc6)cc5cn4)nc(-c4cccc5sc6ccccc6c45)n3)c2)cc1. The summed E-state index contributed by atoms with van der Waals surface area (Å²) in [6, 6.07) is 52.7. The molecule has 0 atom stereocenters. The molecular weight excluding hydrogens is 593 g/mol. The third-order valence-electron chi connectivity index (χ3n) is 8.56. The normalized spacial score (nSPS) is 11.4. The topological polar surface area (TPSA) is 51.6 Å². The van der Waals surface area contributed by atoms with Crippen LogP contribution in [0.3, 0.4) is 0 Å². The number of thiophene rings is 1. The molecule has 0 spiro atoms. The fourth-order valence-electron chi connectivity index (χ4n) is 6.24. The van der Waals surface area contributed by atoms with Crippen molar-refractivity contribution in [2.75, 3.05) is 0 Å². The van der Waals surface area contributed by atoms with Crippen LogP contribution >= 0.6 is 11.3 Å². The van der Waals surface area contributed by atoms with Crippen molar-refractivity contribution in [3.63, 3.8) is 0 Å². The van der Waals surface area contributed by atoms with Crippen LogP contribution in [0.1, 0.15) is 0 Å². The number of hydrogen-bond donors (Lipinski definition) is 0. The average molecular weight is 619 g/mol. The zero-order valence-electron chi connectivity index (χ0n) is 25.2. The number of benzene rings is 6. The number of fused-ring (bicyclic) bond motifs is 4. The number of nitrogens with zero attached hydrogens (tertiary/aromatic N) is 4. The molecule has 0 saturated heterocycles. The molecule has 0 unspecified atom stereocenters. The van der Waals surface area contributed by atoms with Gasteiger partial charge in [0.1, 0.15) is 5.69 Å². The van der Waals surface area contributed by atoms with Gasteiger partial charge in [0, 0.05) is 42.9 Å². The highest BCUT2D eigenvalue weighted by atomic mass is 32.1. The highest BCUT2D eigenvalue weighted by Crippen LogP contribution is 2.40. The molecule has 4 nitrogen and oxygen atoms in total. The van der Waals surface area contributed by atoms with E-state index in [4.69, 9.17) is 19.9 Å². The molecule has 0 aliphatic carbocycles. The van der Waals surface area contributed by atoms with Crippen molar-refractivity contribution in [2.45, 2.75) is 0 Å². The number of pyridine rings is 1. The van der Waals surface area contributed by atoms with Crippen molar-refractivity contribution < 1.29 is 0 Å². The van der Waals surface area contributed by atoms with E-state index in [0.29, 0.717) is 23.2 Å². The van der Waals surface area contributed by atoms with E-state index in [1.54, 1.807) is 11.3 Å². The third-order valence-corrected chi connectivity index (χ3v) is 9.70. The van der Waals surface area contributed by atoms with Crippen LogP contribution in [0, 0.1) is 0 Å². The second-order valence-corrected chi connectivity index (χ2v) is 12.6. The quantitative estimate of drug-likeness (QED) is 0.193. The summed E-state index contributed by atoms with van der Waals surface area (Å²) in [5.41, 5.74) is 7.20. The number of aromatic nitrogens is 4. The number of rotatable bonds is 5. The minimum Gasteiger partial charge on any atom is -0.252 e. The molecule has 3 aromatic heterocycles. The van der Waals surface area contributed by atoms with Gasteiger partial charge in [0.2, 0.25) is 0 Å². The second kappa shape index (κ2) is 11.4. The van der Waals surface area contributed by atoms with Gasteiger partial charge in [-0.15, -0.1) is 11.3 Å². The predicted octanol–water partition coefficient (Wildman–Crippen LogP) is 11.1. The minimum absolute atomic E-state index is 0.542. The summed E-state index contributed by atoms with van der Waals surface area (Å²) in [7, 11) is 0. The molecule has 0 fully saturated rings. The second-order valence-electron chi connectivity index (χ2n) is 11.5. The Hall–Kier alpha value is -6.04. The zero-order valence-corrected chi connectivity index (χ0v) is 26.0. The molecule has 5 heteroatoms. The molecule has 220 valence electrons. The first-order valence-electron chi connectivity index (χ1n) is 15.5. The predicted molar refractivity (Wildman–Crippen MR) is 195 cm³/mol. The van der Waals surface area contributed by atoms with Gasteiger partial charge in [0.05, 0.1) is 0 Å². The summed E-state index contributed by atoms with van der Waals surface area (Å²) in [6.45, 7) is 0. The van der Waals surface area contributed by atoms with Crippen LogP contribution in [0.4, 0.5) is 0 Å². The van der Waals surface area contributed by atoms with E-state index in [2.05, 4.69) is 140 Å². The first-order valence-corrected chi connectivity index (χ1v) is 16.4. The number of hydrogen-bond acceptors (Lipinski definition) is 5. The zero-order chi connectivity index (χ0) is 31.2. The summed E-state index contributed by atoms with van der Waals surface area (Å²) >= 11 is 1.79. The lowest BCUT2D eigenvalue weighted by Gasteiger charge is -2.11. The Morgan fingerprint density at radius 1 is 0.404 bits per heavy atom. The van der Waals surface area contributed by atoms with Crippen LogP contribution in [-0.4, -0.2) is 19.9 Å². The molecule has 9 rings (SSSR count). The smallest absolute Gasteiger partial charge is 0.182 e. The van der Waals surface area contributed by atoms with Gasteiger partial charge >= 0.3 is 0 Å². The molecule has 0 N–H and O–H groups in total. The fourth-order valence-corrected chi connectivity index (χ4v) is 7.38. The van der Waals surface area contributed by atoms with Crippen molar-refractivity contribution in [2.24, 2.45) is 0 Å². The third kappa shape index (κ3) is 5.03. The van der Waals surface area contributed by atoms with Crippen LogP contribution in [-0.2, 0) is 0 Å². The monoisotopic (exact) mass is 618 g/mol. The first kappa shape index (κ1) is 27.3. The van der Waals surface area contributed by atoms with Gasteiger partial charge in [0.15, 0.2) is 17.5 Å². The molecule has 0 aliphatic heterocycles. The van der Waals surface area contributed by atoms with E-state index >= 15 is 0 Å². The Labute approximate surface area is 275 Å². The van der Waals surface area contributed by atoms with Crippen molar-refractivity contribution >= 4 is 42.3 Å². The largest absolute Gasteiger partial charge is 0.252 e. The standard InChI is InChI=1S/C42H26N4S/c1-3-11-27(12-4-1)29-15-9-16-32(23-29)40-44-41(35-18-10-20-38-39(35)34-17-7-8-19-37(34)47-38)46-42(45-40)36-25-31-22-21-30(24-33(31)26-43-36)28-13-5-2-6-14-28/h1-26H. The summed E-state index contributed by atoms with van der Waals surface area (Å²) in [5.74, 6) is 1.78. The summed E-state index contributed by atoms with van der Waals surface area (Å²) in [5, 5.41) is 4.51. The van der Waals surface area contributed by atoms with Gasteiger partial charge in [-0.1, -0.05) is 121 Å². The minimum atomic E-state index is 0.542. The van der Waals surface area contributed by atoms with E-state index in [9.17, 15) is 0 Å². The lowest BCUT2D eigenvalue weighted by molar-refractivity contribution is 1.06. The molecule has 0 aliphatic rings. The van der Waals surface area contributed by atoms with Gasteiger partial charge in [0.25, 0.3) is 0 Å². The Morgan fingerprint density at radius 3 is 1.87 bits per heavy atom. The van der Waals surface area contributed by atoms with Crippen LogP contribution in [0.2, 0.25) is 0 Å². The molecule has 0 amide bonds. The Balaban J connectivity index is 1.23. The fraction of sp³-hybridized carbons (Fsp3) is 0. The Morgan fingerprint density at radius 2 is 1.04 bits per heavy atom. The molecule has 9 aromatic rings. The van der Waals surface area contributed by atoms with Crippen LogP contribution in [0.25, 0.3) is 87.5 Å². The molecular formula is C42H26N4S. The summed E-state index contributed by atoms with van der Waals surface area (Å²) in [6.07, 6.45) is 1.92. The molecule has 3 heterocycles. The van der Waals surface area contributed by atoms with E-state index in [-0.39, 0.29) is 0 Å². The maximum absolute atomic E-state index is 5.13. The summed E-state index contributed by atoms with van der Waals surface area (Å²) in [4.78, 5) is 20.2. The lowest BCUT2D eigenvalue weighted by Crippen LogP contribution is -2.01. The highest BCUT2D eigenvalue weighted by molar-refractivity contribution is 7.25. The van der Waals surface area contributed by atoms with Crippen molar-refractivity contribution in [1.82, 2.24) is 19.9 Å². The first-order chi connectivity index (χ1) is 23.3. The van der Waals surface area contributed by atoms with Crippen molar-refractivity contribution in [1.29, 1.82) is 0 Å². The Bertz CT molecular complexity index is 2580. The lowest BCUT2D eigenvalue weighted by atomic mass is 10.0. The van der Waals surface area contributed by atoms with Crippen molar-refractivity contribution in [3.8, 4) is 56.5 Å². The summed E-state index contributed by atoms with van der Waals surface area (Å²) < 4.78 is 2.45. The maximum atomic E-state index is 5.13. The van der Waals surface area contributed by atoms with Crippen LogP contribution in [0.5, 0.6) is 0 Å². The highest BCUT2D eigenvalue weighted by Gasteiger charge is 2.18. The van der Waals surface area contributed by atoms with E-state index in [1.807, 2.05) is 18.3 Å². The molecule has 47 heavy (non-hydrogen) atoms. The van der Waals surface area contributed by atoms with Gasteiger partial charge in [-0.05, 0) is 58.0 Å². The Kier molecular flexibility index (Phi) is 6.61. The van der Waals surface area contributed by atoms with E-state index in [1.165, 1.54) is 20.3 Å². The molecule has 6 aromatic carbocycles. The molecule has 0 saturated carbocycles. The van der Waals surface area contributed by atoms with E-state index < -0.39 is 0 Å².